The van der Waals surface area contributed by atoms with E-state index in [2.05, 4.69) is 35.5 Å². The second-order valence-electron chi connectivity index (χ2n) is 9.16. The molecule has 0 amide bonds. The van der Waals surface area contributed by atoms with E-state index in [0.717, 1.165) is 0 Å². The van der Waals surface area contributed by atoms with E-state index in [1.807, 2.05) is 20.8 Å². The van der Waals surface area contributed by atoms with Crippen molar-refractivity contribution < 1.29 is 13.7 Å². The summed E-state index contributed by atoms with van der Waals surface area (Å²) in [5.74, 6) is -0.217. The van der Waals surface area contributed by atoms with E-state index in [0.29, 0.717) is 17.2 Å². The molecule has 0 fully saturated rings. The van der Waals surface area contributed by atoms with E-state index < -0.39 is 11.7 Å². The third-order valence-electron chi connectivity index (χ3n) is 5.24. The Morgan fingerprint density at radius 1 is 1.23 bits per heavy atom. The SMILES string of the molecule is C[C@@H](CC(=O)c1nc(C(C)(C)C)no1)c1ccc(-c2ncnc(Nc3ccn(C)n3)n2)c(F)c1Cl. The zero-order valence-electron chi connectivity index (χ0n) is 19.9. The van der Waals surface area contributed by atoms with Gasteiger partial charge in [-0.2, -0.15) is 15.1 Å². The lowest BCUT2D eigenvalue weighted by Crippen LogP contribution is -2.14. The highest BCUT2D eigenvalue weighted by Gasteiger charge is 2.26. The summed E-state index contributed by atoms with van der Waals surface area (Å²) in [7, 11) is 1.78. The second kappa shape index (κ2) is 9.49. The number of aromatic nitrogens is 7. The first-order valence-electron chi connectivity index (χ1n) is 10.8. The van der Waals surface area contributed by atoms with Gasteiger partial charge in [-0.1, -0.05) is 50.5 Å². The van der Waals surface area contributed by atoms with Crippen molar-refractivity contribution in [3.05, 3.63) is 58.8 Å². The van der Waals surface area contributed by atoms with Crippen LogP contribution in [0.5, 0.6) is 0 Å². The van der Waals surface area contributed by atoms with Gasteiger partial charge in [0.25, 0.3) is 5.89 Å². The zero-order chi connectivity index (χ0) is 25.3. The molecule has 35 heavy (non-hydrogen) atoms. The number of halogens is 2. The number of Topliss-reactive ketones (excluding diaryl/α,β-unsaturated/α-hetero) is 1. The lowest BCUT2D eigenvalue weighted by Gasteiger charge is -2.14. The highest BCUT2D eigenvalue weighted by atomic mass is 35.5. The van der Waals surface area contributed by atoms with Crippen LogP contribution >= 0.6 is 11.6 Å². The maximum Gasteiger partial charge on any atom is 0.294 e. The summed E-state index contributed by atoms with van der Waals surface area (Å²) in [5, 5.41) is 10.9. The molecule has 0 saturated carbocycles. The van der Waals surface area contributed by atoms with Crippen LogP contribution in [0.4, 0.5) is 16.2 Å². The van der Waals surface area contributed by atoms with Gasteiger partial charge in [-0.3, -0.25) is 9.48 Å². The smallest absolute Gasteiger partial charge is 0.294 e. The molecule has 182 valence electrons. The van der Waals surface area contributed by atoms with Crippen LogP contribution in [0.25, 0.3) is 11.4 Å². The molecule has 10 nitrogen and oxygen atoms in total. The molecule has 4 rings (SSSR count). The zero-order valence-corrected chi connectivity index (χ0v) is 20.6. The van der Waals surface area contributed by atoms with Crippen LogP contribution in [0.15, 0.2) is 35.2 Å². The Bertz CT molecular complexity index is 1380. The Morgan fingerprint density at radius 3 is 2.66 bits per heavy atom. The van der Waals surface area contributed by atoms with Crippen LogP contribution in [0, 0.1) is 5.82 Å². The number of benzene rings is 1. The topological polar surface area (TPSA) is 125 Å². The first kappa shape index (κ1) is 24.4. The molecule has 12 heteroatoms. The van der Waals surface area contributed by atoms with Gasteiger partial charge in [0.05, 0.1) is 10.6 Å². The molecule has 0 radical (unpaired) electrons. The number of aryl methyl sites for hydroxylation is 1. The molecule has 1 atom stereocenters. The van der Waals surface area contributed by atoms with Gasteiger partial charge in [0.15, 0.2) is 23.3 Å². The standard InChI is InChI=1S/C23H24ClFN8O2/c1-12(10-15(34)20-30-21(32-35-20)23(2,3)4)13-6-7-14(18(25)17(13)24)19-26-11-27-22(29-19)28-16-8-9-33(5)31-16/h6-9,11-12H,10H2,1-5H3,(H,26,27,28,29,31)/t12-/m0/s1. The Hall–Kier alpha value is -3.73. The highest BCUT2D eigenvalue weighted by molar-refractivity contribution is 6.32. The van der Waals surface area contributed by atoms with Gasteiger partial charge in [-0.15, -0.1) is 0 Å². The van der Waals surface area contributed by atoms with Gasteiger partial charge in [0.1, 0.15) is 6.33 Å². The average molecular weight is 499 g/mol. The van der Waals surface area contributed by atoms with Gasteiger partial charge in [-0.05, 0) is 17.5 Å². The average Bonchev–Trinajstić information content (AvgIpc) is 3.45. The minimum atomic E-state index is -0.689. The summed E-state index contributed by atoms with van der Waals surface area (Å²) in [5.41, 5.74) is 0.228. The fourth-order valence-electron chi connectivity index (χ4n) is 3.32. The van der Waals surface area contributed by atoms with Crippen LogP contribution in [-0.2, 0) is 12.5 Å². The number of carbonyl (C=O) groups excluding carboxylic acids is 1. The van der Waals surface area contributed by atoms with Crippen molar-refractivity contribution in [1.82, 2.24) is 34.9 Å². The summed E-state index contributed by atoms with van der Waals surface area (Å²) < 4.78 is 22.0. The van der Waals surface area contributed by atoms with E-state index in [1.54, 1.807) is 37.0 Å². The van der Waals surface area contributed by atoms with Crippen LogP contribution < -0.4 is 5.32 Å². The quantitative estimate of drug-likeness (QED) is 0.355. The normalized spacial score (nSPS) is 12.5. The van der Waals surface area contributed by atoms with E-state index in [4.69, 9.17) is 16.1 Å². The van der Waals surface area contributed by atoms with Crippen molar-refractivity contribution in [2.75, 3.05) is 5.32 Å². The Kier molecular flexibility index (Phi) is 6.62. The van der Waals surface area contributed by atoms with Crippen molar-refractivity contribution >= 4 is 29.2 Å². The van der Waals surface area contributed by atoms with Crippen LogP contribution in [0.3, 0.4) is 0 Å². The minimum absolute atomic E-state index is 0.0220. The van der Waals surface area contributed by atoms with Crippen molar-refractivity contribution in [1.29, 1.82) is 0 Å². The van der Waals surface area contributed by atoms with Crippen LogP contribution in [0.2, 0.25) is 5.02 Å². The van der Waals surface area contributed by atoms with Crippen molar-refractivity contribution in [3.8, 4) is 11.4 Å². The number of ketones is 1. The summed E-state index contributed by atoms with van der Waals surface area (Å²) in [4.78, 5) is 29.3. The molecule has 3 heterocycles. The first-order valence-corrected chi connectivity index (χ1v) is 11.2. The molecule has 0 spiro atoms. The number of hydrogen-bond donors (Lipinski definition) is 1. The predicted octanol–water partition coefficient (Wildman–Crippen LogP) is 4.87. The third kappa shape index (κ3) is 5.35. The van der Waals surface area contributed by atoms with E-state index in [1.165, 1.54) is 12.4 Å². The van der Waals surface area contributed by atoms with Crippen LogP contribution in [0.1, 0.15) is 62.1 Å². The van der Waals surface area contributed by atoms with E-state index >= 15 is 4.39 Å². The lowest BCUT2D eigenvalue weighted by molar-refractivity contribution is 0.0932. The van der Waals surface area contributed by atoms with Crippen molar-refractivity contribution in [2.24, 2.45) is 7.05 Å². The largest absolute Gasteiger partial charge is 0.331 e. The van der Waals surface area contributed by atoms with Crippen molar-refractivity contribution in [2.45, 2.75) is 45.4 Å². The third-order valence-corrected chi connectivity index (χ3v) is 5.62. The molecule has 3 aromatic heterocycles. The molecule has 0 bridgehead atoms. The second-order valence-corrected chi connectivity index (χ2v) is 9.54. The minimum Gasteiger partial charge on any atom is -0.331 e. The monoisotopic (exact) mass is 498 g/mol. The maximum absolute atomic E-state index is 15.3. The molecule has 0 unspecified atom stereocenters. The Morgan fingerprint density at radius 2 is 2.00 bits per heavy atom. The molecule has 0 saturated heterocycles. The molecule has 0 aliphatic rings. The number of nitrogens with zero attached hydrogens (tertiary/aromatic N) is 7. The predicted molar refractivity (Wildman–Crippen MR) is 127 cm³/mol. The summed E-state index contributed by atoms with van der Waals surface area (Å²) >= 11 is 6.37. The van der Waals surface area contributed by atoms with Gasteiger partial charge >= 0.3 is 0 Å². The Balaban J connectivity index is 1.53. The Labute approximate surface area is 206 Å². The number of carbonyl (C=O) groups is 1. The molecular formula is C23H24ClFN8O2. The van der Waals surface area contributed by atoms with Gasteiger partial charge in [-0.25, -0.2) is 14.4 Å². The maximum atomic E-state index is 15.3. The van der Waals surface area contributed by atoms with Crippen molar-refractivity contribution in [3.63, 3.8) is 0 Å². The number of rotatable bonds is 7. The fourth-order valence-corrected chi connectivity index (χ4v) is 3.67. The fraction of sp³-hybridized carbons (Fsp3) is 0.348. The van der Waals surface area contributed by atoms with E-state index in [9.17, 15) is 4.79 Å². The molecule has 4 aromatic rings. The number of hydrogen-bond acceptors (Lipinski definition) is 9. The van der Waals surface area contributed by atoms with E-state index in [-0.39, 0.29) is 45.9 Å². The highest BCUT2D eigenvalue weighted by Crippen LogP contribution is 2.34. The van der Waals surface area contributed by atoms with Gasteiger partial charge < -0.3 is 9.84 Å². The van der Waals surface area contributed by atoms with Crippen LogP contribution in [-0.4, -0.2) is 40.7 Å². The summed E-state index contributed by atoms with van der Waals surface area (Å²) in [6.45, 7) is 7.53. The molecule has 0 aliphatic heterocycles. The summed E-state index contributed by atoms with van der Waals surface area (Å²) in [6, 6.07) is 4.93. The lowest BCUT2D eigenvalue weighted by atomic mass is 9.94. The van der Waals surface area contributed by atoms with Gasteiger partial charge in [0.2, 0.25) is 11.7 Å². The number of anilines is 2. The van der Waals surface area contributed by atoms with Gasteiger partial charge in [0, 0.05) is 31.1 Å². The summed E-state index contributed by atoms with van der Waals surface area (Å²) in [6.07, 6.45) is 3.05. The molecule has 0 aliphatic carbocycles. The number of nitrogens with one attached hydrogen (secondary N) is 1. The molecular weight excluding hydrogens is 475 g/mol. The molecule has 1 aromatic carbocycles. The first-order chi connectivity index (χ1) is 16.5. The molecule has 1 N–H and O–H groups in total.